The number of methoxy groups -OCH3 is 4. The Morgan fingerprint density at radius 3 is 1.08 bits per heavy atom. The van der Waals surface area contributed by atoms with Crippen molar-refractivity contribution >= 4 is 105 Å². The van der Waals surface area contributed by atoms with Gasteiger partial charge >= 0.3 is 0 Å². The van der Waals surface area contributed by atoms with Gasteiger partial charge in [-0.05, 0) is 179 Å². The summed E-state index contributed by atoms with van der Waals surface area (Å²) in [6, 6.07) is 47.5. The van der Waals surface area contributed by atoms with Crippen LogP contribution >= 0.6 is 34.8 Å². The van der Waals surface area contributed by atoms with Gasteiger partial charge in [-0.25, -0.2) is 4.39 Å². The number of nitrogens with one attached hydrogen (secondary N) is 8. The first-order valence-electron chi connectivity index (χ1n) is 39.6. The van der Waals surface area contributed by atoms with Gasteiger partial charge in [0.15, 0.2) is 23.1 Å². The van der Waals surface area contributed by atoms with Crippen molar-refractivity contribution in [2.24, 2.45) is 28.2 Å². The molecular weight excluding hydrogens is 1650 g/mol. The van der Waals surface area contributed by atoms with Crippen LogP contribution in [0.25, 0.3) is 0 Å². The minimum atomic E-state index is -0.947. The largest absolute Gasteiger partial charge is 0.496 e. The highest BCUT2D eigenvalue weighted by Gasteiger charge is 2.46. The van der Waals surface area contributed by atoms with Gasteiger partial charge in [0.2, 0.25) is 23.6 Å². The maximum atomic E-state index is 14.5. The monoisotopic (exact) mass is 1740 g/mol. The Morgan fingerprint density at radius 2 is 0.710 bits per heavy atom. The summed E-state index contributed by atoms with van der Waals surface area (Å²) in [5.74, 6) is -0.873. The lowest BCUT2D eigenvalue weighted by Crippen LogP contribution is -2.50. The average Bonchev–Trinajstić information content (AvgIpc) is 1.57. The predicted octanol–water partition coefficient (Wildman–Crippen LogP) is 13.8. The summed E-state index contributed by atoms with van der Waals surface area (Å²) in [6.45, 7) is 13.3. The summed E-state index contributed by atoms with van der Waals surface area (Å²) < 4.78 is 42.3. The molecule has 4 aliphatic rings. The molecule has 16 rings (SSSR count). The van der Waals surface area contributed by atoms with Gasteiger partial charge in [-0.1, -0.05) is 126 Å². The van der Waals surface area contributed by atoms with Crippen LogP contribution < -0.4 is 61.5 Å². The second-order valence-electron chi connectivity index (χ2n) is 30.3. The third-order valence-corrected chi connectivity index (χ3v) is 23.3. The number of carbonyl (C=O) groups excluding carboxylic acids is 8. The SMILES string of the molecule is CCc1cc(C(=O)NC2C(=O)Nc3c(c(C)nn3C)C2c2ccc(Cl)c(Cl)c2)ccc1OC.COc1ccc(C2c3c(C)nn(C)c3NC(=O)C2NC(=O)c2ccc(C)cc2)cc1F.COc1ccc(C2c3c(C)nn(C)c3NC(=O)C2NC(=O)c2ccccc2)cc1OC.Cc1ccc(C(=O)NC2C(=O)Nc3c(c(C)nn3C)C2c2cccc(Cl)c2)cc1. The van der Waals surface area contributed by atoms with Crippen LogP contribution in [-0.4, -0.2) is 139 Å². The molecule has 0 saturated carbocycles. The predicted molar refractivity (Wildman–Crippen MR) is 470 cm³/mol. The number of hydrogen-bond acceptors (Lipinski definition) is 16. The van der Waals surface area contributed by atoms with E-state index in [0.29, 0.717) is 95.5 Å². The molecule has 28 nitrogen and oxygen atoms in total. The molecule has 8 aromatic carbocycles. The maximum Gasteiger partial charge on any atom is 0.251 e. The molecule has 4 aliphatic heterocycles. The molecular formula is C92H92Cl3FN16O12. The minimum absolute atomic E-state index is 0.104. The Labute approximate surface area is 729 Å². The van der Waals surface area contributed by atoms with Gasteiger partial charge in [-0.15, -0.1) is 0 Å². The fraction of sp³-hybridized carbons (Fsp3) is 0.261. The normalized spacial score (nSPS) is 17.6. The van der Waals surface area contributed by atoms with E-state index in [1.807, 2.05) is 115 Å². The van der Waals surface area contributed by atoms with Crippen LogP contribution in [0.4, 0.5) is 27.7 Å². The van der Waals surface area contributed by atoms with Crippen LogP contribution in [0.2, 0.25) is 15.1 Å². The van der Waals surface area contributed by atoms with Crippen molar-refractivity contribution in [1.29, 1.82) is 0 Å². The topological polar surface area (TPSA) is 341 Å². The number of carbonyl (C=O) groups is 8. The van der Waals surface area contributed by atoms with Crippen LogP contribution in [0.3, 0.4) is 0 Å². The van der Waals surface area contributed by atoms with Crippen LogP contribution in [0.15, 0.2) is 176 Å². The molecule has 8 N–H and O–H groups in total. The highest BCUT2D eigenvalue weighted by molar-refractivity contribution is 6.42. The number of hydrogen-bond donors (Lipinski definition) is 8. The first-order chi connectivity index (χ1) is 59.3. The van der Waals surface area contributed by atoms with Crippen molar-refractivity contribution in [3.8, 4) is 23.0 Å². The van der Waals surface area contributed by atoms with E-state index in [1.54, 1.807) is 165 Å². The van der Waals surface area contributed by atoms with Crippen molar-refractivity contribution in [2.45, 2.75) is 103 Å². The zero-order chi connectivity index (χ0) is 89.0. The van der Waals surface area contributed by atoms with E-state index >= 15 is 0 Å². The van der Waals surface area contributed by atoms with Gasteiger partial charge in [0.1, 0.15) is 53.2 Å². The number of benzene rings is 8. The number of rotatable bonds is 17. The van der Waals surface area contributed by atoms with Gasteiger partial charge in [-0.2, -0.15) is 20.4 Å². The summed E-state index contributed by atoms with van der Waals surface area (Å²) in [7, 11) is 13.2. The molecule has 8 unspecified atom stereocenters. The van der Waals surface area contributed by atoms with Crippen molar-refractivity contribution in [1.82, 2.24) is 60.4 Å². The molecule has 32 heteroatoms. The van der Waals surface area contributed by atoms with Gasteiger partial charge in [0, 0.05) is 101 Å². The van der Waals surface area contributed by atoms with Gasteiger partial charge in [0.05, 0.1) is 61.3 Å². The molecule has 640 valence electrons. The summed E-state index contributed by atoms with van der Waals surface area (Å²) >= 11 is 18.7. The summed E-state index contributed by atoms with van der Waals surface area (Å²) in [4.78, 5) is 104. The van der Waals surface area contributed by atoms with Crippen LogP contribution in [0.5, 0.6) is 23.0 Å². The third-order valence-electron chi connectivity index (χ3n) is 22.3. The second kappa shape index (κ2) is 37.4. The molecule has 8 atom stereocenters. The fourth-order valence-corrected chi connectivity index (χ4v) is 16.8. The molecule has 0 saturated heterocycles. The molecule has 12 aromatic rings. The highest BCUT2D eigenvalue weighted by atomic mass is 35.5. The fourth-order valence-electron chi connectivity index (χ4n) is 16.3. The zero-order valence-electron chi connectivity index (χ0n) is 70.6. The van der Waals surface area contributed by atoms with Crippen molar-refractivity contribution in [2.75, 3.05) is 49.7 Å². The number of nitrogens with zero attached hydrogens (tertiary/aromatic N) is 8. The van der Waals surface area contributed by atoms with Crippen molar-refractivity contribution < 1.29 is 61.7 Å². The Morgan fingerprint density at radius 1 is 0.371 bits per heavy atom. The van der Waals surface area contributed by atoms with E-state index in [1.165, 1.54) is 19.2 Å². The summed E-state index contributed by atoms with van der Waals surface area (Å²) in [6.07, 6.45) is 0.707. The van der Waals surface area contributed by atoms with E-state index in [-0.39, 0.29) is 47.1 Å². The molecule has 4 aromatic heterocycles. The number of amides is 8. The Kier molecular flexibility index (Phi) is 26.6. The lowest BCUT2D eigenvalue weighted by molar-refractivity contribution is -0.119. The standard InChI is InChI=1S/C24H24Cl2N4O3.C23H23FN4O3.C23H24N4O4.C22H21ClN4O2/c1-5-13-10-15(7-9-18(13)33-4)23(31)27-21-20(14-6-8-16(25)17(26)11-14)19-12(2)29-30(3)22(19)28-24(21)32;1-12-5-7-14(8-6-12)22(29)25-20-19(15-9-10-17(31-4)16(24)11-15)18-13(2)27-28(3)21(18)26-23(20)30;1-13-18-19(15-10-11-16(30-3)17(12-15)31-4)20(23(29)25-21(18)27(2)26-13)24-22(28)14-8-6-5-7-9-14;1-12-7-9-14(10-8-12)21(28)24-19-18(15-5-4-6-16(23)11-15)17-13(2)26-27(3)20(17)25-22(19)29/h6-11,20-21H,5H2,1-4H3,(H,27,31)(H,28,32);5-11,19-20H,1-4H3,(H,25,29)(H,26,30);5-12,19-20H,1-4H3,(H,24,28)(H,25,29);4-11,18-19H,1-3H3,(H,24,28)(H,25,29). The maximum absolute atomic E-state index is 14.5. The number of aryl methyl sites for hydroxylation is 11. The molecule has 124 heavy (non-hydrogen) atoms. The number of fused-ring (bicyclic) bond motifs is 4. The lowest BCUT2D eigenvalue weighted by Gasteiger charge is -2.33. The average molecular weight is 1740 g/mol. The second-order valence-corrected chi connectivity index (χ2v) is 31.5. The summed E-state index contributed by atoms with van der Waals surface area (Å²) in [5, 5.41) is 42.3. The van der Waals surface area contributed by atoms with E-state index in [0.717, 1.165) is 72.7 Å². The Hall–Kier alpha value is -13.6. The number of aromatic nitrogens is 8. The van der Waals surface area contributed by atoms with Gasteiger partial charge in [-0.3, -0.25) is 57.1 Å². The Balaban J connectivity index is 0.000000142. The quantitative estimate of drug-likeness (QED) is 0.0420. The minimum Gasteiger partial charge on any atom is -0.496 e. The number of anilines is 4. The highest BCUT2D eigenvalue weighted by Crippen LogP contribution is 2.46. The zero-order valence-corrected chi connectivity index (χ0v) is 72.8. The van der Waals surface area contributed by atoms with E-state index < -0.39 is 59.6 Å². The van der Waals surface area contributed by atoms with Crippen LogP contribution in [-0.2, 0) is 53.8 Å². The number of halogens is 4. The smallest absolute Gasteiger partial charge is 0.251 e. The first kappa shape index (κ1) is 88.2. The molecule has 0 aliphatic carbocycles. The van der Waals surface area contributed by atoms with Crippen molar-refractivity contribution in [3.05, 3.63) is 303 Å². The van der Waals surface area contributed by atoms with Crippen molar-refractivity contribution in [3.63, 3.8) is 0 Å². The van der Waals surface area contributed by atoms with Gasteiger partial charge in [0.25, 0.3) is 23.6 Å². The lowest BCUT2D eigenvalue weighted by atomic mass is 9.81. The summed E-state index contributed by atoms with van der Waals surface area (Å²) in [5.41, 5.74) is 14.1. The molecule has 0 bridgehead atoms. The first-order valence-corrected chi connectivity index (χ1v) is 40.7. The molecule has 0 radical (unpaired) electrons. The van der Waals surface area contributed by atoms with E-state index in [2.05, 4.69) is 62.9 Å². The Bertz CT molecular complexity index is 6150. The van der Waals surface area contributed by atoms with E-state index in [9.17, 15) is 42.7 Å². The molecule has 0 fully saturated rings. The molecule has 8 heterocycles. The third kappa shape index (κ3) is 18.1. The number of ether oxygens (including phenoxy) is 4. The van der Waals surface area contributed by atoms with Crippen LogP contribution in [0, 0.1) is 47.4 Å². The van der Waals surface area contributed by atoms with Gasteiger partial charge < -0.3 is 61.5 Å². The van der Waals surface area contributed by atoms with E-state index in [4.69, 9.17) is 53.8 Å². The van der Waals surface area contributed by atoms with Crippen LogP contribution in [0.1, 0.15) is 156 Å². The molecule has 0 spiro atoms. The molecule has 8 amide bonds.